The summed E-state index contributed by atoms with van der Waals surface area (Å²) in [4.78, 5) is 3.32. The molecule has 0 unspecified atom stereocenters. The van der Waals surface area contributed by atoms with Crippen LogP contribution in [-0.4, -0.2) is 12.0 Å². The summed E-state index contributed by atoms with van der Waals surface area (Å²) in [5.74, 6) is 0. The van der Waals surface area contributed by atoms with Gasteiger partial charge in [-0.3, -0.25) is 0 Å². The van der Waals surface area contributed by atoms with Crippen molar-refractivity contribution in [3.63, 3.8) is 0 Å². The molecule has 0 radical (unpaired) electrons. The summed E-state index contributed by atoms with van der Waals surface area (Å²) in [5.41, 5.74) is 6.31. The van der Waals surface area contributed by atoms with Crippen LogP contribution in [0.3, 0.4) is 0 Å². The van der Waals surface area contributed by atoms with Gasteiger partial charge in [0.05, 0.1) is 11.6 Å². The van der Waals surface area contributed by atoms with Gasteiger partial charge in [-0.2, -0.15) is 5.26 Å². The Morgan fingerprint density at radius 1 is 1.13 bits per heavy atom. The molecule has 0 aliphatic heterocycles. The quantitative estimate of drug-likeness (QED) is 0.666. The summed E-state index contributed by atoms with van der Waals surface area (Å²) < 4.78 is 0. The molecule has 4 heteroatoms. The van der Waals surface area contributed by atoms with Crippen molar-refractivity contribution in [2.24, 2.45) is 0 Å². The second kappa shape index (κ2) is 6.55. The number of fused-ring (bicyclic) bond motifs is 1. The van der Waals surface area contributed by atoms with Gasteiger partial charge in [-0.05, 0) is 54.9 Å². The van der Waals surface area contributed by atoms with Crippen molar-refractivity contribution < 1.29 is 0 Å². The van der Waals surface area contributed by atoms with Gasteiger partial charge in [-0.25, -0.2) is 0 Å². The molecule has 0 saturated heterocycles. The predicted molar refractivity (Wildman–Crippen MR) is 94.9 cm³/mol. The van der Waals surface area contributed by atoms with Crippen molar-refractivity contribution in [2.45, 2.75) is 19.9 Å². The lowest BCUT2D eigenvalue weighted by Gasteiger charge is -2.11. The van der Waals surface area contributed by atoms with Crippen molar-refractivity contribution in [1.82, 2.24) is 10.3 Å². The summed E-state index contributed by atoms with van der Waals surface area (Å²) in [7, 11) is 1.95. The van der Waals surface area contributed by atoms with Gasteiger partial charge >= 0.3 is 0 Å². The Kier molecular flexibility index (Phi) is 4.31. The first-order valence-electron chi connectivity index (χ1n) is 7.79. The van der Waals surface area contributed by atoms with Gasteiger partial charge in [0, 0.05) is 35.0 Å². The number of aromatic nitrogens is 1. The molecule has 0 spiro atoms. The second-order valence-corrected chi connectivity index (χ2v) is 5.57. The first-order valence-corrected chi connectivity index (χ1v) is 7.79. The van der Waals surface area contributed by atoms with Gasteiger partial charge in [0.25, 0.3) is 0 Å². The third-order valence-corrected chi connectivity index (χ3v) is 4.03. The van der Waals surface area contributed by atoms with Crippen LogP contribution in [0.5, 0.6) is 0 Å². The van der Waals surface area contributed by atoms with Crippen LogP contribution >= 0.6 is 0 Å². The molecule has 0 fully saturated rings. The lowest BCUT2D eigenvalue weighted by Crippen LogP contribution is -2.03. The molecule has 0 aliphatic carbocycles. The maximum Gasteiger partial charge on any atom is 0.0991 e. The van der Waals surface area contributed by atoms with Crippen LogP contribution in [0.4, 0.5) is 11.4 Å². The van der Waals surface area contributed by atoms with E-state index in [1.807, 2.05) is 31.4 Å². The van der Waals surface area contributed by atoms with Gasteiger partial charge in [-0.1, -0.05) is 13.0 Å². The number of aryl methyl sites for hydroxylation is 1. The molecule has 3 N–H and O–H groups in total. The van der Waals surface area contributed by atoms with Gasteiger partial charge in [0.2, 0.25) is 0 Å². The zero-order chi connectivity index (χ0) is 16.2. The number of hydrogen-bond donors (Lipinski definition) is 3. The number of nitriles is 1. The lowest BCUT2D eigenvalue weighted by atomic mass is 10.1. The molecule has 3 aromatic rings. The maximum absolute atomic E-state index is 9.02. The molecule has 1 heterocycles. The van der Waals surface area contributed by atoms with Crippen molar-refractivity contribution in [1.29, 1.82) is 5.26 Å². The fraction of sp³-hybridized carbons (Fsp3) is 0.211. The van der Waals surface area contributed by atoms with E-state index in [9.17, 15) is 0 Å². The molecule has 23 heavy (non-hydrogen) atoms. The monoisotopic (exact) mass is 304 g/mol. The van der Waals surface area contributed by atoms with Crippen molar-refractivity contribution in [3.8, 4) is 6.07 Å². The van der Waals surface area contributed by atoms with Gasteiger partial charge < -0.3 is 15.6 Å². The van der Waals surface area contributed by atoms with E-state index in [1.54, 1.807) is 0 Å². The molecule has 0 bridgehead atoms. The predicted octanol–water partition coefficient (Wildman–Crippen LogP) is 4.06. The zero-order valence-electron chi connectivity index (χ0n) is 13.4. The third-order valence-electron chi connectivity index (χ3n) is 4.03. The number of rotatable bonds is 5. The molecular formula is C19H20N4. The Morgan fingerprint density at radius 2 is 2.00 bits per heavy atom. The Balaban J connectivity index is 1.91. The molecule has 4 nitrogen and oxygen atoms in total. The van der Waals surface area contributed by atoms with E-state index in [2.05, 4.69) is 46.8 Å². The minimum absolute atomic E-state index is 0.698. The molecule has 3 rings (SSSR count). The fourth-order valence-electron chi connectivity index (χ4n) is 2.83. The van der Waals surface area contributed by atoms with Gasteiger partial charge in [0.1, 0.15) is 0 Å². The number of hydrogen-bond acceptors (Lipinski definition) is 3. The Labute approximate surface area is 136 Å². The lowest BCUT2D eigenvalue weighted by molar-refractivity contribution is 0.823. The van der Waals surface area contributed by atoms with E-state index in [4.69, 9.17) is 5.26 Å². The van der Waals surface area contributed by atoms with Crippen LogP contribution in [0.25, 0.3) is 10.9 Å². The summed E-state index contributed by atoms with van der Waals surface area (Å²) in [6.45, 7) is 2.95. The van der Waals surface area contributed by atoms with Crippen molar-refractivity contribution in [2.75, 3.05) is 12.4 Å². The largest absolute Gasteiger partial charge is 0.361 e. The van der Waals surface area contributed by atoms with E-state index in [0.29, 0.717) is 5.56 Å². The Bertz CT molecular complexity index is 871. The highest BCUT2D eigenvalue weighted by atomic mass is 14.9. The Morgan fingerprint density at radius 3 is 2.74 bits per heavy atom. The number of nitrogens with zero attached hydrogens (tertiary/aromatic N) is 1. The highest BCUT2D eigenvalue weighted by molar-refractivity contribution is 5.87. The van der Waals surface area contributed by atoms with Crippen LogP contribution in [0.2, 0.25) is 0 Å². The number of H-pyrrole nitrogens is 1. The first-order chi connectivity index (χ1) is 11.2. The molecule has 116 valence electrons. The molecular weight excluding hydrogens is 284 g/mol. The van der Waals surface area contributed by atoms with E-state index >= 15 is 0 Å². The standard InChI is InChI=1S/C19H20N4/c1-3-14-8-13(10-20)4-7-18(14)23-16-5-6-17-15(11-21-2)12-22-19(17)9-16/h4-9,12,21-23H,3,11H2,1-2H3. The minimum Gasteiger partial charge on any atom is -0.361 e. The molecule has 0 aliphatic rings. The normalized spacial score (nSPS) is 10.7. The summed E-state index contributed by atoms with van der Waals surface area (Å²) in [6, 6.07) is 14.3. The minimum atomic E-state index is 0.698. The van der Waals surface area contributed by atoms with Gasteiger partial charge in [-0.15, -0.1) is 0 Å². The smallest absolute Gasteiger partial charge is 0.0991 e. The van der Waals surface area contributed by atoms with E-state index in [0.717, 1.165) is 35.4 Å². The highest BCUT2D eigenvalue weighted by Gasteiger charge is 2.06. The van der Waals surface area contributed by atoms with E-state index < -0.39 is 0 Å². The van der Waals surface area contributed by atoms with E-state index in [1.165, 1.54) is 10.9 Å². The average Bonchev–Trinajstić information content (AvgIpc) is 2.98. The highest BCUT2D eigenvalue weighted by Crippen LogP contribution is 2.26. The van der Waals surface area contributed by atoms with Crippen molar-refractivity contribution >= 4 is 22.3 Å². The average molecular weight is 304 g/mol. The molecule has 0 atom stereocenters. The van der Waals surface area contributed by atoms with Crippen LogP contribution in [0, 0.1) is 11.3 Å². The number of anilines is 2. The second-order valence-electron chi connectivity index (χ2n) is 5.57. The van der Waals surface area contributed by atoms with Crippen LogP contribution in [-0.2, 0) is 13.0 Å². The number of nitrogens with one attached hydrogen (secondary N) is 3. The topological polar surface area (TPSA) is 63.6 Å². The first kappa shape index (κ1) is 15.1. The van der Waals surface area contributed by atoms with E-state index in [-0.39, 0.29) is 0 Å². The van der Waals surface area contributed by atoms with Crippen LogP contribution in [0.1, 0.15) is 23.6 Å². The van der Waals surface area contributed by atoms with Crippen LogP contribution in [0.15, 0.2) is 42.6 Å². The molecule has 2 aromatic carbocycles. The molecule has 0 saturated carbocycles. The molecule has 1 aromatic heterocycles. The Hall–Kier alpha value is -2.77. The SMILES string of the molecule is CCc1cc(C#N)ccc1Nc1ccc2c(CNC)c[nH]c2c1. The van der Waals surface area contributed by atoms with Crippen molar-refractivity contribution in [3.05, 3.63) is 59.3 Å². The molecule has 0 amide bonds. The summed E-state index contributed by atoms with van der Waals surface area (Å²) >= 11 is 0. The zero-order valence-corrected chi connectivity index (χ0v) is 13.4. The number of benzene rings is 2. The maximum atomic E-state index is 9.02. The van der Waals surface area contributed by atoms with Crippen LogP contribution < -0.4 is 10.6 Å². The van der Waals surface area contributed by atoms with Gasteiger partial charge in [0.15, 0.2) is 0 Å². The fourth-order valence-corrected chi connectivity index (χ4v) is 2.83. The third kappa shape index (κ3) is 3.05. The summed E-state index contributed by atoms with van der Waals surface area (Å²) in [6.07, 6.45) is 2.93. The summed E-state index contributed by atoms with van der Waals surface area (Å²) in [5, 5.41) is 16.9. The number of aromatic amines is 1.